The summed E-state index contributed by atoms with van der Waals surface area (Å²) < 4.78 is 29.1. The van der Waals surface area contributed by atoms with Crippen molar-refractivity contribution in [1.82, 2.24) is 0 Å². The molecule has 0 saturated carbocycles. The molecular formula is C16H14BrClF2. The van der Waals surface area contributed by atoms with E-state index in [4.69, 9.17) is 11.6 Å². The van der Waals surface area contributed by atoms with Gasteiger partial charge in [0.05, 0.1) is 5.38 Å². The minimum absolute atomic E-state index is 0.0866. The second-order valence-corrected chi connectivity index (χ2v) is 6.20. The Balaban J connectivity index is 2.60. The molecule has 1 unspecified atom stereocenters. The van der Waals surface area contributed by atoms with Gasteiger partial charge < -0.3 is 0 Å². The highest BCUT2D eigenvalue weighted by Gasteiger charge is 2.23. The van der Waals surface area contributed by atoms with E-state index in [0.29, 0.717) is 5.56 Å². The van der Waals surface area contributed by atoms with Crippen LogP contribution in [0.4, 0.5) is 8.78 Å². The highest BCUT2D eigenvalue weighted by molar-refractivity contribution is 9.10. The molecule has 0 aromatic heterocycles. The molecule has 0 nitrogen and oxygen atoms in total. The Morgan fingerprint density at radius 2 is 1.65 bits per heavy atom. The Hall–Kier alpha value is -0.930. The molecule has 0 aliphatic rings. The fourth-order valence-corrected chi connectivity index (χ4v) is 3.04. The quantitative estimate of drug-likeness (QED) is 0.579. The lowest BCUT2D eigenvalue weighted by molar-refractivity contribution is 0.553. The second-order valence-electron chi connectivity index (χ2n) is 4.91. The van der Waals surface area contributed by atoms with Crippen molar-refractivity contribution < 1.29 is 8.78 Å². The van der Waals surface area contributed by atoms with Crippen LogP contribution in [0.1, 0.15) is 33.2 Å². The summed E-state index contributed by atoms with van der Waals surface area (Å²) in [5, 5.41) is -0.846. The van der Waals surface area contributed by atoms with Gasteiger partial charge in [-0.1, -0.05) is 28.1 Å². The van der Waals surface area contributed by atoms with Crippen molar-refractivity contribution in [2.75, 3.05) is 0 Å². The number of hydrogen-bond donors (Lipinski definition) is 0. The molecule has 0 aliphatic heterocycles. The van der Waals surface area contributed by atoms with Crippen molar-refractivity contribution in [2.45, 2.75) is 26.1 Å². The standard InChI is InChI=1S/C16H14BrClF2/c1-8-4-5-13(19)14(16(8)20)15(18)11-6-10(3)12(17)7-9(11)2/h4-7,15H,1-3H3. The predicted octanol–water partition coefficient (Wildman–Crippen LogP) is 5.98. The van der Waals surface area contributed by atoms with Crippen LogP contribution in [-0.4, -0.2) is 0 Å². The average Bonchev–Trinajstić information content (AvgIpc) is 2.38. The first kappa shape index (κ1) is 15.5. The molecule has 0 aliphatic carbocycles. The molecule has 1 atom stereocenters. The van der Waals surface area contributed by atoms with Crippen LogP contribution in [0.5, 0.6) is 0 Å². The smallest absolute Gasteiger partial charge is 0.134 e. The number of alkyl halides is 1. The molecule has 0 amide bonds. The first-order valence-electron chi connectivity index (χ1n) is 6.18. The Bertz CT molecular complexity index is 668. The highest BCUT2D eigenvalue weighted by atomic mass is 79.9. The molecular weight excluding hydrogens is 346 g/mol. The minimum atomic E-state index is -0.846. The molecule has 2 rings (SSSR count). The van der Waals surface area contributed by atoms with Crippen molar-refractivity contribution in [1.29, 1.82) is 0 Å². The van der Waals surface area contributed by atoms with Crippen LogP contribution < -0.4 is 0 Å². The van der Waals surface area contributed by atoms with Crippen molar-refractivity contribution in [3.8, 4) is 0 Å². The summed E-state index contributed by atoms with van der Waals surface area (Å²) in [7, 11) is 0. The van der Waals surface area contributed by atoms with Gasteiger partial charge in [-0.3, -0.25) is 0 Å². The number of rotatable bonds is 2. The normalized spacial score (nSPS) is 12.6. The first-order chi connectivity index (χ1) is 9.32. The molecule has 20 heavy (non-hydrogen) atoms. The monoisotopic (exact) mass is 358 g/mol. The minimum Gasteiger partial charge on any atom is -0.207 e. The number of benzene rings is 2. The Kier molecular flexibility index (Phi) is 4.50. The average molecular weight is 360 g/mol. The topological polar surface area (TPSA) is 0 Å². The maximum absolute atomic E-state index is 14.2. The van der Waals surface area contributed by atoms with E-state index in [1.165, 1.54) is 12.1 Å². The van der Waals surface area contributed by atoms with E-state index >= 15 is 0 Å². The van der Waals surface area contributed by atoms with Gasteiger partial charge in [-0.15, -0.1) is 11.6 Å². The Labute approximate surface area is 130 Å². The summed E-state index contributed by atoms with van der Waals surface area (Å²) in [5.41, 5.74) is 2.89. The van der Waals surface area contributed by atoms with Crippen molar-refractivity contribution in [3.05, 3.63) is 68.2 Å². The van der Waals surface area contributed by atoms with Crippen LogP contribution in [0.15, 0.2) is 28.7 Å². The van der Waals surface area contributed by atoms with Crippen LogP contribution in [-0.2, 0) is 0 Å². The number of hydrogen-bond acceptors (Lipinski definition) is 0. The molecule has 0 spiro atoms. The molecule has 0 radical (unpaired) electrons. The maximum atomic E-state index is 14.2. The van der Waals surface area contributed by atoms with Crippen molar-refractivity contribution >= 4 is 27.5 Å². The Morgan fingerprint density at radius 1 is 1.00 bits per heavy atom. The van der Waals surface area contributed by atoms with Gasteiger partial charge in [0.1, 0.15) is 11.6 Å². The van der Waals surface area contributed by atoms with Crippen LogP contribution in [0.3, 0.4) is 0 Å². The van der Waals surface area contributed by atoms with Crippen LogP contribution in [0, 0.1) is 32.4 Å². The zero-order valence-electron chi connectivity index (χ0n) is 11.4. The third kappa shape index (κ3) is 2.75. The van der Waals surface area contributed by atoms with Gasteiger partial charge in [0.25, 0.3) is 0 Å². The number of halogens is 4. The SMILES string of the molecule is Cc1cc(C(Cl)c2c(F)ccc(C)c2F)c(C)cc1Br. The van der Waals surface area contributed by atoms with E-state index in [0.717, 1.165) is 21.2 Å². The van der Waals surface area contributed by atoms with E-state index in [1.807, 2.05) is 26.0 Å². The fourth-order valence-electron chi connectivity index (χ4n) is 2.14. The molecule has 106 valence electrons. The molecule has 0 saturated heterocycles. The summed E-state index contributed by atoms with van der Waals surface area (Å²) in [4.78, 5) is 0. The van der Waals surface area contributed by atoms with Gasteiger partial charge in [0.15, 0.2) is 0 Å². The third-order valence-electron chi connectivity index (χ3n) is 3.39. The van der Waals surface area contributed by atoms with E-state index < -0.39 is 17.0 Å². The van der Waals surface area contributed by atoms with Crippen molar-refractivity contribution in [3.63, 3.8) is 0 Å². The molecule has 0 bridgehead atoms. The second kappa shape index (κ2) is 5.82. The van der Waals surface area contributed by atoms with Gasteiger partial charge in [-0.25, -0.2) is 8.78 Å². The van der Waals surface area contributed by atoms with Gasteiger partial charge >= 0.3 is 0 Å². The highest BCUT2D eigenvalue weighted by Crippen LogP contribution is 2.36. The predicted molar refractivity (Wildman–Crippen MR) is 82.4 cm³/mol. The van der Waals surface area contributed by atoms with Crippen LogP contribution in [0.2, 0.25) is 0 Å². The lowest BCUT2D eigenvalue weighted by Crippen LogP contribution is -2.05. The molecule has 2 aromatic carbocycles. The summed E-state index contributed by atoms with van der Waals surface area (Å²) >= 11 is 9.78. The summed E-state index contributed by atoms with van der Waals surface area (Å²) in [6.45, 7) is 5.39. The largest absolute Gasteiger partial charge is 0.207 e. The van der Waals surface area contributed by atoms with Gasteiger partial charge in [0, 0.05) is 10.0 Å². The van der Waals surface area contributed by atoms with E-state index in [9.17, 15) is 8.78 Å². The zero-order chi connectivity index (χ0) is 15.0. The summed E-state index contributed by atoms with van der Waals surface area (Å²) in [6, 6.07) is 6.44. The third-order valence-corrected chi connectivity index (χ3v) is 4.70. The lowest BCUT2D eigenvalue weighted by atomic mass is 9.96. The van der Waals surface area contributed by atoms with Gasteiger partial charge in [0.2, 0.25) is 0 Å². The maximum Gasteiger partial charge on any atom is 0.134 e. The van der Waals surface area contributed by atoms with Gasteiger partial charge in [-0.05, 0) is 55.2 Å². The van der Waals surface area contributed by atoms with Crippen molar-refractivity contribution in [2.24, 2.45) is 0 Å². The fraction of sp³-hybridized carbons (Fsp3) is 0.250. The molecule has 4 heteroatoms. The molecule has 2 aromatic rings. The van der Waals surface area contributed by atoms with E-state index in [1.54, 1.807) is 6.92 Å². The molecule has 0 fully saturated rings. The van der Waals surface area contributed by atoms with Gasteiger partial charge in [-0.2, -0.15) is 0 Å². The van der Waals surface area contributed by atoms with E-state index in [2.05, 4.69) is 15.9 Å². The summed E-state index contributed by atoms with van der Waals surface area (Å²) in [6.07, 6.45) is 0. The zero-order valence-corrected chi connectivity index (χ0v) is 13.7. The molecule has 0 N–H and O–H groups in total. The van der Waals surface area contributed by atoms with Crippen LogP contribution in [0.25, 0.3) is 0 Å². The summed E-state index contributed by atoms with van der Waals surface area (Å²) in [5.74, 6) is -1.20. The number of aryl methyl sites for hydroxylation is 3. The lowest BCUT2D eigenvalue weighted by Gasteiger charge is -2.17. The first-order valence-corrected chi connectivity index (χ1v) is 7.41. The Morgan fingerprint density at radius 3 is 2.30 bits per heavy atom. The molecule has 0 heterocycles. The van der Waals surface area contributed by atoms with Crippen LogP contribution >= 0.6 is 27.5 Å². The van der Waals surface area contributed by atoms with E-state index in [-0.39, 0.29) is 5.56 Å².